The van der Waals surface area contributed by atoms with Gasteiger partial charge in [-0.05, 0) is 49.5 Å². The largest absolute Gasteiger partial charge is 0.314 e. The molecule has 19 heavy (non-hydrogen) atoms. The molecule has 1 saturated carbocycles. The molecule has 2 unspecified atom stereocenters. The number of rotatable bonds is 6. The van der Waals surface area contributed by atoms with Crippen LogP contribution < -0.4 is 5.32 Å². The van der Waals surface area contributed by atoms with Crippen molar-refractivity contribution in [3.8, 4) is 0 Å². The van der Waals surface area contributed by atoms with Gasteiger partial charge in [0.15, 0.2) is 0 Å². The molecule has 0 bridgehead atoms. The predicted octanol–water partition coefficient (Wildman–Crippen LogP) is 5.40. The maximum Gasteiger partial charge on any atom is 0.00980 e. The van der Waals surface area contributed by atoms with Gasteiger partial charge in [0.1, 0.15) is 0 Å². The Morgan fingerprint density at radius 1 is 1.05 bits per heavy atom. The van der Waals surface area contributed by atoms with Crippen LogP contribution in [0, 0.1) is 17.3 Å². The first-order valence-electron chi connectivity index (χ1n) is 8.68. The van der Waals surface area contributed by atoms with E-state index in [1.54, 1.807) is 0 Å². The van der Waals surface area contributed by atoms with Crippen LogP contribution >= 0.6 is 0 Å². The second kappa shape index (κ2) is 8.29. The Bertz CT molecular complexity index is 220. The van der Waals surface area contributed by atoms with Crippen molar-refractivity contribution in [1.29, 1.82) is 0 Å². The van der Waals surface area contributed by atoms with Gasteiger partial charge in [-0.2, -0.15) is 0 Å². The van der Waals surface area contributed by atoms with Crippen molar-refractivity contribution >= 4 is 0 Å². The highest BCUT2D eigenvalue weighted by atomic mass is 14.9. The third-order valence-corrected chi connectivity index (χ3v) is 5.21. The molecule has 1 aliphatic carbocycles. The van der Waals surface area contributed by atoms with Crippen molar-refractivity contribution in [2.45, 2.75) is 92.0 Å². The molecule has 1 N–H and O–H groups in total. The summed E-state index contributed by atoms with van der Waals surface area (Å²) >= 11 is 0. The molecule has 0 radical (unpaired) electrons. The van der Waals surface area contributed by atoms with Crippen LogP contribution in [-0.4, -0.2) is 12.6 Å². The maximum absolute atomic E-state index is 3.87. The molecule has 0 heterocycles. The molecule has 1 fully saturated rings. The van der Waals surface area contributed by atoms with E-state index >= 15 is 0 Å². The third-order valence-electron chi connectivity index (χ3n) is 5.21. The van der Waals surface area contributed by atoms with Gasteiger partial charge in [0, 0.05) is 6.04 Å². The molecule has 0 aromatic heterocycles. The molecule has 1 heteroatoms. The van der Waals surface area contributed by atoms with Crippen LogP contribution in [0.2, 0.25) is 0 Å². The van der Waals surface area contributed by atoms with E-state index in [4.69, 9.17) is 0 Å². The van der Waals surface area contributed by atoms with Crippen LogP contribution in [-0.2, 0) is 0 Å². The zero-order valence-electron chi connectivity index (χ0n) is 14.1. The summed E-state index contributed by atoms with van der Waals surface area (Å²) in [6.07, 6.45) is 11.4. The highest BCUT2D eigenvalue weighted by molar-refractivity contribution is 4.83. The summed E-state index contributed by atoms with van der Waals surface area (Å²) in [6.45, 7) is 13.1. The summed E-state index contributed by atoms with van der Waals surface area (Å²) in [4.78, 5) is 0. The van der Waals surface area contributed by atoms with Crippen molar-refractivity contribution in [3.63, 3.8) is 0 Å². The van der Waals surface area contributed by atoms with Crippen molar-refractivity contribution in [2.75, 3.05) is 6.54 Å². The number of hydrogen-bond donors (Lipinski definition) is 1. The lowest BCUT2D eigenvalue weighted by Gasteiger charge is -2.35. The summed E-state index contributed by atoms with van der Waals surface area (Å²) < 4.78 is 0. The molecule has 0 spiro atoms. The summed E-state index contributed by atoms with van der Waals surface area (Å²) in [7, 11) is 0. The standard InChI is InChI=1S/C18H37N/c1-6-13-19-17(14-15(2)18(3,4)5)16-11-9-7-8-10-12-16/h15-17,19H,6-14H2,1-5H3. The molecule has 0 aromatic carbocycles. The van der Waals surface area contributed by atoms with Crippen LogP contribution in [0.5, 0.6) is 0 Å². The van der Waals surface area contributed by atoms with Gasteiger partial charge >= 0.3 is 0 Å². The number of hydrogen-bond acceptors (Lipinski definition) is 1. The monoisotopic (exact) mass is 267 g/mol. The van der Waals surface area contributed by atoms with Crippen molar-refractivity contribution in [3.05, 3.63) is 0 Å². The maximum atomic E-state index is 3.87. The van der Waals surface area contributed by atoms with E-state index in [1.165, 1.54) is 57.9 Å². The van der Waals surface area contributed by atoms with Crippen LogP contribution in [0.4, 0.5) is 0 Å². The Hall–Kier alpha value is -0.0400. The van der Waals surface area contributed by atoms with Gasteiger partial charge in [-0.3, -0.25) is 0 Å². The Morgan fingerprint density at radius 3 is 2.11 bits per heavy atom. The van der Waals surface area contributed by atoms with Crippen molar-refractivity contribution in [1.82, 2.24) is 5.32 Å². The molecule has 114 valence electrons. The lowest BCUT2D eigenvalue weighted by Crippen LogP contribution is -2.39. The zero-order chi connectivity index (χ0) is 14.3. The molecule has 1 nitrogen and oxygen atoms in total. The van der Waals surface area contributed by atoms with E-state index in [1.807, 2.05) is 0 Å². The molecule has 0 aromatic rings. The highest BCUT2D eigenvalue weighted by Gasteiger charge is 2.28. The second-order valence-corrected chi connectivity index (χ2v) is 7.82. The number of nitrogens with one attached hydrogen (secondary N) is 1. The summed E-state index contributed by atoms with van der Waals surface area (Å²) in [5.74, 6) is 1.73. The van der Waals surface area contributed by atoms with Crippen LogP contribution in [0.15, 0.2) is 0 Å². The van der Waals surface area contributed by atoms with Gasteiger partial charge in [0.25, 0.3) is 0 Å². The van der Waals surface area contributed by atoms with Crippen molar-refractivity contribution in [2.24, 2.45) is 17.3 Å². The van der Waals surface area contributed by atoms with Crippen LogP contribution in [0.1, 0.15) is 86.0 Å². The Kier molecular flexibility index (Phi) is 7.42. The van der Waals surface area contributed by atoms with Gasteiger partial charge in [0.2, 0.25) is 0 Å². The lowest BCUT2D eigenvalue weighted by atomic mass is 9.75. The van der Waals surface area contributed by atoms with Gasteiger partial charge in [-0.1, -0.05) is 60.3 Å². The molecule has 0 amide bonds. The van der Waals surface area contributed by atoms with E-state index in [9.17, 15) is 0 Å². The normalized spacial score (nSPS) is 21.9. The highest BCUT2D eigenvalue weighted by Crippen LogP contribution is 2.34. The molecular weight excluding hydrogens is 230 g/mol. The zero-order valence-corrected chi connectivity index (χ0v) is 14.1. The van der Waals surface area contributed by atoms with Crippen LogP contribution in [0.25, 0.3) is 0 Å². The molecule has 1 rings (SSSR count). The minimum atomic E-state index is 0.441. The average molecular weight is 268 g/mol. The van der Waals surface area contributed by atoms with E-state index < -0.39 is 0 Å². The molecule has 0 aliphatic heterocycles. The quantitative estimate of drug-likeness (QED) is 0.636. The fraction of sp³-hybridized carbons (Fsp3) is 1.00. The minimum absolute atomic E-state index is 0.441. The summed E-state index contributed by atoms with van der Waals surface area (Å²) in [5.41, 5.74) is 0.441. The molecule has 1 aliphatic rings. The van der Waals surface area contributed by atoms with Gasteiger partial charge < -0.3 is 5.32 Å². The Morgan fingerprint density at radius 2 is 1.63 bits per heavy atom. The predicted molar refractivity (Wildman–Crippen MR) is 86.5 cm³/mol. The first kappa shape index (κ1) is 17.0. The van der Waals surface area contributed by atoms with Gasteiger partial charge in [0.05, 0.1) is 0 Å². The second-order valence-electron chi connectivity index (χ2n) is 7.82. The first-order valence-corrected chi connectivity index (χ1v) is 8.68. The third kappa shape index (κ3) is 6.29. The Labute approximate surface area is 121 Å². The van der Waals surface area contributed by atoms with Gasteiger partial charge in [-0.25, -0.2) is 0 Å². The van der Waals surface area contributed by atoms with Crippen molar-refractivity contribution < 1.29 is 0 Å². The van der Waals surface area contributed by atoms with E-state index in [0.29, 0.717) is 5.41 Å². The van der Waals surface area contributed by atoms with Crippen LogP contribution in [0.3, 0.4) is 0 Å². The van der Waals surface area contributed by atoms with Gasteiger partial charge in [-0.15, -0.1) is 0 Å². The smallest absolute Gasteiger partial charge is 0.00980 e. The average Bonchev–Trinajstić information content (AvgIpc) is 2.61. The van der Waals surface area contributed by atoms with E-state index in [-0.39, 0.29) is 0 Å². The fourth-order valence-corrected chi connectivity index (χ4v) is 3.22. The molecule has 0 saturated heterocycles. The molecule has 2 atom stereocenters. The minimum Gasteiger partial charge on any atom is -0.314 e. The van der Waals surface area contributed by atoms with E-state index in [2.05, 4.69) is 39.9 Å². The van der Waals surface area contributed by atoms with E-state index in [0.717, 1.165) is 17.9 Å². The fourth-order valence-electron chi connectivity index (χ4n) is 3.22. The summed E-state index contributed by atoms with van der Waals surface area (Å²) in [5, 5.41) is 3.87. The molecular formula is C18H37N. The SMILES string of the molecule is CCCNC(CC(C)C(C)(C)C)C1CCCCCC1. The summed E-state index contributed by atoms with van der Waals surface area (Å²) in [6, 6.07) is 0.757. The Balaban J connectivity index is 2.58. The topological polar surface area (TPSA) is 12.0 Å². The lowest BCUT2D eigenvalue weighted by molar-refractivity contribution is 0.189. The first-order chi connectivity index (χ1) is 8.95.